The number of nitrogens with two attached hydrogens (primary N) is 1. The van der Waals surface area contributed by atoms with Crippen LogP contribution in [-0.2, 0) is 12.8 Å². The summed E-state index contributed by atoms with van der Waals surface area (Å²) in [5.41, 5.74) is 10.3. The third kappa shape index (κ3) is 2.34. The summed E-state index contributed by atoms with van der Waals surface area (Å²) >= 11 is 0. The van der Waals surface area contributed by atoms with E-state index in [2.05, 4.69) is 29.2 Å². The van der Waals surface area contributed by atoms with Gasteiger partial charge in [0, 0.05) is 12.2 Å². The second kappa shape index (κ2) is 5.02. The monoisotopic (exact) mass is 254 g/mol. The Morgan fingerprint density at radius 1 is 1.21 bits per heavy atom. The molecule has 0 saturated heterocycles. The van der Waals surface area contributed by atoms with Crippen molar-refractivity contribution in [2.24, 2.45) is 11.7 Å². The molecule has 1 aliphatic rings. The molecule has 1 aromatic heterocycles. The number of nitrogens with zero attached hydrogens (tertiary/aromatic N) is 1. The molecular weight excluding hydrogens is 236 g/mol. The first-order valence-electron chi connectivity index (χ1n) is 6.59. The van der Waals surface area contributed by atoms with Gasteiger partial charge in [-0.1, -0.05) is 24.3 Å². The fourth-order valence-electron chi connectivity index (χ4n) is 2.85. The molecule has 1 unspecified atom stereocenters. The summed E-state index contributed by atoms with van der Waals surface area (Å²) in [6, 6.07) is 10.6. The maximum Gasteiger partial charge on any atom is 0.137 e. The second-order valence-electron chi connectivity index (χ2n) is 5.12. The second-order valence-corrected chi connectivity index (χ2v) is 5.12. The van der Waals surface area contributed by atoms with Gasteiger partial charge in [-0.3, -0.25) is 4.98 Å². The van der Waals surface area contributed by atoms with Crippen LogP contribution in [0.15, 0.2) is 42.7 Å². The van der Waals surface area contributed by atoms with E-state index in [0.29, 0.717) is 5.92 Å². The third-order valence-corrected chi connectivity index (χ3v) is 3.95. The van der Waals surface area contributed by atoms with Crippen LogP contribution < -0.4 is 10.5 Å². The van der Waals surface area contributed by atoms with Crippen molar-refractivity contribution in [2.45, 2.75) is 18.9 Å². The van der Waals surface area contributed by atoms with Crippen LogP contribution in [0.4, 0.5) is 0 Å². The lowest BCUT2D eigenvalue weighted by Crippen LogP contribution is -2.22. The molecule has 1 aliphatic carbocycles. The van der Waals surface area contributed by atoms with Gasteiger partial charge in [0.1, 0.15) is 5.75 Å². The molecule has 19 heavy (non-hydrogen) atoms. The number of benzene rings is 1. The van der Waals surface area contributed by atoms with E-state index in [1.165, 1.54) is 11.1 Å². The lowest BCUT2D eigenvalue weighted by atomic mass is 9.92. The third-order valence-electron chi connectivity index (χ3n) is 3.95. The summed E-state index contributed by atoms with van der Waals surface area (Å²) < 4.78 is 5.21. The minimum atomic E-state index is 0.00926. The molecule has 0 saturated carbocycles. The van der Waals surface area contributed by atoms with Crippen LogP contribution in [0.3, 0.4) is 0 Å². The van der Waals surface area contributed by atoms with E-state index in [1.807, 2.05) is 12.3 Å². The minimum absolute atomic E-state index is 0.00926. The summed E-state index contributed by atoms with van der Waals surface area (Å²) in [6.45, 7) is 0. The molecule has 3 nitrogen and oxygen atoms in total. The first-order valence-corrected chi connectivity index (χ1v) is 6.59. The number of hydrogen-bond donors (Lipinski definition) is 1. The van der Waals surface area contributed by atoms with Gasteiger partial charge in [-0.15, -0.1) is 0 Å². The number of ether oxygens (including phenoxy) is 1. The van der Waals surface area contributed by atoms with Crippen LogP contribution >= 0.6 is 0 Å². The average Bonchev–Trinajstić information content (AvgIpc) is 2.90. The average molecular weight is 254 g/mol. The Balaban J connectivity index is 1.80. The maximum atomic E-state index is 6.41. The molecule has 3 heteroatoms. The Labute approximate surface area is 113 Å². The molecule has 0 aliphatic heterocycles. The van der Waals surface area contributed by atoms with Gasteiger partial charge in [-0.05, 0) is 41.5 Å². The fourth-order valence-corrected chi connectivity index (χ4v) is 2.85. The zero-order valence-corrected chi connectivity index (χ0v) is 11.0. The van der Waals surface area contributed by atoms with Gasteiger partial charge >= 0.3 is 0 Å². The summed E-state index contributed by atoms with van der Waals surface area (Å²) in [5.74, 6) is 1.22. The number of fused-ring (bicyclic) bond motifs is 1. The molecule has 1 heterocycles. The predicted molar refractivity (Wildman–Crippen MR) is 75.1 cm³/mol. The highest BCUT2D eigenvalue weighted by molar-refractivity contribution is 5.34. The van der Waals surface area contributed by atoms with Crippen LogP contribution in [0, 0.1) is 5.92 Å². The highest BCUT2D eigenvalue weighted by atomic mass is 16.5. The van der Waals surface area contributed by atoms with E-state index in [9.17, 15) is 0 Å². The number of hydrogen-bond acceptors (Lipinski definition) is 3. The number of pyridine rings is 1. The van der Waals surface area contributed by atoms with Gasteiger partial charge in [-0.2, -0.15) is 0 Å². The molecule has 1 aromatic carbocycles. The van der Waals surface area contributed by atoms with E-state index >= 15 is 0 Å². The van der Waals surface area contributed by atoms with E-state index in [0.717, 1.165) is 24.2 Å². The Morgan fingerprint density at radius 3 is 2.53 bits per heavy atom. The smallest absolute Gasteiger partial charge is 0.137 e. The van der Waals surface area contributed by atoms with Crippen molar-refractivity contribution in [1.29, 1.82) is 0 Å². The zero-order chi connectivity index (χ0) is 13.2. The van der Waals surface area contributed by atoms with Crippen molar-refractivity contribution in [3.05, 3.63) is 59.4 Å². The van der Waals surface area contributed by atoms with Crippen LogP contribution in [0.5, 0.6) is 5.75 Å². The molecule has 1 atom stereocenters. The first kappa shape index (κ1) is 12.2. The summed E-state index contributed by atoms with van der Waals surface area (Å²) in [4.78, 5) is 4.19. The molecule has 2 N–H and O–H groups in total. The van der Waals surface area contributed by atoms with Crippen LogP contribution in [0.2, 0.25) is 0 Å². The SMILES string of the molecule is COc1cncc(C(N)C2Cc3ccccc3C2)c1. The molecule has 0 bridgehead atoms. The standard InChI is InChI=1S/C16H18N2O/c1-19-15-8-14(9-18-10-15)16(17)13-6-11-4-2-3-5-12(11)7-13/h2-5,8-10,13,16H,6-7,17H2,1H3. The van der Waals surface area contributed by atoms with Crippen molar-refractivity contribution < 1.29 is 4.74 Å². The largest absolute Gasteiger partial charge is 0.495 e. The van der Waals surface area contributed by atoms with Crippen LogP contribution in [-0.4, -0.2) is 12.1 Å². The summed E-state index contributed by atoms with van der Waals surface area (Å²) in [6.07, 6.45) is 5.65. The summed E-state index contributed by atoms with van der Waals surface area (Å²) in [7, 11) is 1.65. The van der Waals surface area contributed by atoms with Gasteiger partial charge in [-0.25, -0.2) is 0 Å². The Morgan fingerprint density at radius 2 is 1.89 bits per heavy atom. The van der Waals surface area contributed by atoms with Gasteiger partial charge in [0.15, 0.2) is 0 Å². The van der Waals surface area contributed by atoms with Crippen molar-refractivity contribution in [3.63, 3.8) is 0 Å². The van der Waals surface area contributed by atoms with Crippen molar-refractivity contribution in [1.82, 2.24) is 4.98 Å². The maximum absolute atomic E-state index is 6.41. The molecule has 0 spiro atoms. The predicted octanol–water partition coefficient (Wildman–Crippen LogP) is 2.51. The van der Waals surface area contributed by atoms with Gasteiger partial charge < -0.3 is 10.5 Å². The van der Waals surface area contributed by atoms with E-state index in [-0.39, 0.29) is 6.04 Å². The van der Waals surface area contributed by atoms with Crippen molar-refractivity contribution >= 4 is 0 Å². The normalized spacial score (nSPS) is 16.1. The molecular formula is C16H18N2O. The lowest BCUT2D eigenvalue weighted by Gasteiger charge is -2.19. The van der Waals surface area contributed by atoms with Crippen molar-refractivity contribution in [3.8, 4) is 5.75 Å². The fraction of sp³-hybridized carbons (Fsp3) is 0.312. The van der Waals surface area contributed by atoms with Gasteiger partial charge in [0.05, 0.1) is 13.3 Å². The molecule has 2 aromatic rings. The topological polar surface area (TPSA) is 48.1 Å². The van der Waals surface area contributed by atoms with Crippen LogP contribution in [0.1, 0.15) is 22.7 Å². The Bertz CT molecular complexity index is 557. The number of rotatable bonds is 3. The van der Waals surface area contributed by atoms with Crippen LogP contribution in [0.25, 0.3) is 0 Å². The van der Waals surface area contributed by atoms with E-state index in [1.54, 1.807) is 13.3 Å². The molecule has 98 valence electrons. The summed E-state index contributed by atoms with van der Waals surface area (Å²) in [5, 5.41) is 0. The lowest BCUT2D eigenvalue weighted by molar-refractivity contribution is 0.407. The van der Waals surface area contributed by atoms with Gasteiger partial charge in [0.2, 0.25) is 0 Å². The molecule has 0 radical (unpaired) electrons. The van der Waals surface area contributed by atoms with Crippen molar-refractivity contribution in [2.75, 3.05) is 7.11 Å². The zero-order valence-electron chi connectivity index (χ0n) is 11.0. The Hall–Kier alpha value is -1.87. The number of methoxy groups -OCH3 is 1. The quantitative estimate of drug-likeness (QED) is 0.915. The molecule has 3 rings (SSSR count). The Kier molecular flexibility index (Phi) is 3.22. The van der Waals surface area contributed by atoms with E-state index in [4.69, 9.17) is 10.5 Å². The highest BCUT2D eigenvalue weighted by Gasteiger charge is 2.27. The number of aromatic nitrogens is 1. The van der Waals surface area contributed by atoms with Gasteiger partial charge in [0.25, 0.3) is 0 Å². The first-order chi connectivity index (χ1) is 9.28. The minimum Gasteiger partial charge on any atom is -0.495 e. The molecule has 0 amide bonds. The van der Waals surface area contributed by atoms with E-state index < -0.39 is 0 Å². The highest BCUT2D eigenvalue weighted by Crippen LogP contribution is 2.34. The molecule has 0 fully saturated rings.